The van der Waals surface area contributed by atoms with E-state index in [-0.39, 0.29) is 11.8 Å². The maximum absolute atomic E-state index is 14.0. The molecule has 0 radical (unpaired) electrons. The topological polar surface area (TPSA) is 74.3 Å². The smallest absolute Gasteiger partial charge is 0.258 e. The zero-order valence-corrected chi connectivity index (χ0v) is 22.3. The maximum atomic E-state index is 14.0. The molecular weight excluding hydrogens is 496 g/mol. The van der Waals surface area contributed by atoms with Gasteiger partial charge in [-0.2, -0.15) is 0 Å². The molecule has 4 aromatic carbocycles. The molecule has 0 bridgehead atoms. The van der Waals surface area contributed by atoms with Crippen molar-refractivity contribution in [3.8, 4) is 11.1 Å². The molecule has 0 aliphatic carbocycles. The Balaban J connectivity index is 1.31. The number of anilines is 4. The predicted octanol–water partition coefficient (Wildman–Crippen LogP) is 7.52. The van der Waals surface area contributed by atoms with Gasteiger partial charge in [0, 0.05) is 28.7 Å². The Hall–Kier alpha value is -5.23. The summed E-state index contributed by atoms with van der Waals surface area (Å²) in [5.74, 6) is 0.313. The number of hydrogen-bond donors (Lipinski definition) is 2. The molecule has 1 aliphatic heterocycles. The molecule has 196 valence electrons. The highest BCUT2D eigenvalue weighted by Crippen LogP contribution is 2.36. The highest BCUT2D eigenvalue weighted by Gasteiger charge is 2.27. The van der Waals surface area contributed by atoms with Crippen LogP contribution >= 0.6 is 0 Å². The molecule has 0 saturated heterocycles. The molecule has 0 spiro atoms. The summed E-state index contributed by atoms with van der Waals surface area (Å²) in [5.41, 5.74) is 7.92. The molecule has 6 heteroatoms. The zero-order valence-electron chi connectivity index (χ0n) is 22.3. The van der Waals surface area contributed by atoms with Crippen molar-refractivity contribution in [3.63, 3.8) is 0 Å². The van der Waals surface area contributed by atoms with Gasteiger partial charge in [0.05, 0.1) is 12.2 Å². The van der Waals surface area contributed by atoms with Gasteiger partial charge in [0.1, 0.15) is 0 Å². The van der Waals surface area contributed by atoms with E-state index in [1.54, 1.807) is 11.1 Å². The van der Waals surface area contributed by atoms with Crippen LogP contribution in [0.5, 0.6) is 0 Å². The van der Waals surface area contributed by atoms with Gasteiger partial charge in [-0.15, -0.1) is 0 Å². The number of carbonyl (C=O) groups excluding carboxylic acids is 2. The summed E-state index contributed by atoms with van der Waals surface area (Å²) in [6.45, 7) is 4.21. The van der Waals surface area contributed by atoms with E-state index in [0.717, 1.165) is 39.2 Å². The Bertz CT molecular complexity index is 1750. The van der Waals surface area contributed by atoms with Crippen LogP contribution in [-0.2, 0) is 6.54 Å². The van der Waals surface area contributed by atoms with Crippen LogP contribution < -0.4 is 15.5 Å². The van der Waals surface area contributed by atoms with Crippen LogP contribution in [0.15, 0.2) is 109 Å². The Kier molecular flexibility index (Phi) is 6.58. The van der Waals surface area contributed by atoms with Crippen molar-refractivity contribution < 1.29 is 9.59 Å². The summed E-state index contributed by atoms with van der Waals surface area (Å²) < 4.78 is 0. The summed E-state index contributed by atoms with van der Waals surface area (Å²) in [7, 11) is 0. The average molecular weight is 525 g/mol. The van der Waals surface area contributed by atoms with E-state index in [4.69, 9.17) is 0 Å². The second-order valence-electron chi connectivity index (χ2n) is 9.89. The number of aryl methyl sites for hydroxylation is 2. The van der Waals surface area contributed by atoms with Gasteiger partial charge in [-0.05, 0) is 78.1 Å². The van der Waals surface area contributed by atoms with Crippen molar-refractivity contribution in [1.82, 2.24) is 4.98 Å². The highest BCUT2D eigenvalue weighted by atomic mass is 16.2. The third-order valence-electron chi connectivity index (χ3n) is 7.23. The van der Waals surface area contributed by atoms with Gasteiger partial charge >= 0.3 is 0 Å². The summed E-state index contributed by atoms with van der Waals surface area (Å²) in [4.78, 5) is 33.7. The second-order valence-corrected chi connectivity index (χ2v) is 9.89. The molecule has 6 rings (SSSR count). The maximum Gasteiger partial charge on any atom is 0.258 e. The van der Waals surface area contributed by atoms with E-state index in [1.165, 1.54) is 0 Å². The number of benzene rings is 4. The third kappa shape index (κ3) is 4.71. The molecule has 5 aromatic rings. The molecule has 0 atom stereocenters. The molecule has 2 amide bonds. The number of fused-ring (bicyclic) bond motifs is 2. The van der Waals surface area contributed by atoms with Crippen molar-refractivity contribution in [1.29, 1.82) is 0 Å². The van der Waals surface area contributed by atoms with E-state index in [0.29, 0.717) is 29.2 Å². The first-order valence-electron chi connectivity index (χ1n) is 13.2. The third-order valence-corrected chi connectivity index (χ3v) is 7.23. The van der Waals surface area contributed by atoms with Gasteiger partial charge < -0.3 is 15.5 Å². The predicted molar refractivity (Wildman–Crippen MR) is 160 cm³/mol. The number of pyridine rings is 1. The largest absolute Gasteiger partial charge is 0.338 e. The van der Waals surface area contributed by atoms with Gasteiger partial charge in [-0.3, -0.25) is 9.59 Å². The lowest BCUT2D eigenvalue weighted by Gasteiger charge is -2.24. The van der Waals surface area contributed by atoms with Crippen molar-refractivity contribution in [2.24, 2.45) is 0 Å². The molecule has 0 saturated carbocycles. The van der Waals surface area contributed by atoms with Crippen LogP contribution in [-0.4, -0.2) is 16.8 Å². The first-order valence-corrected chi connectivity index (χ1v) is 13.2. The second kappa shape index (κ2) is 10.5. The Morgan fingerprint density at radius 2 is 1.55 bits per heavy atom. The van der Waals surface area contributed by atoms with Crippen molar-refractivity contribution in [2.75, 3.05) is 15.5 Å². The minimum absolute atomic E-state index is 0.124. The van der Waals surface area contributed by atoms with Gasteiger partial charge in [0.25, 0.3) is 11.8 Å². The van der Waals surface area contributed by atoms with E-state index >= 15 is 0 Å². The Morgan fingerprint density at radius 3 is 2.40 bits per heavy atom. The van der Waals surface area contributed by atoms with Crippen LogP contribution in [0.4, 0.5) is 22.9 Å². The normalized spacial score (nSPS) is 12.0. The van der Waals surface area contributed by atoms with Crippen molar-refractivity contribution >= 4 is 34.7 Å². The van der Waals surface area contributed by atoms with E-state index in [9.17, 15) is 9.59 Å². The minimum Gasteiger partial charge on any atom is -0.338 e. The lowest BCUT2D eigenvalue weighted by Crippen LogP contribution is -2.31. The molecule has 2 N–H and O–H groups in total. The number of nitrogens with zero attached hydrogens (tertiary/aromatic N) is 2. The molecule has 1 aliphatic rings. The highest BCUT2D eigenvalue weighted by molar-refractivity contribution is 6.11. The Morgan fingerprint density at radius 1 is 0.800 bits per heavy atom. The number of aromatic nitrogens is 1. The van der Waals surface area contributed by atoms with Gasteiger partial charge in [0.2, 0.25) is 0 Å². The van der Waals surface area contributed by atoms with Crippen molar-refractivity contribution in [3.05, 3.63) is 137 Å². The van der Waals surface area contributed by atoms with E-state index < -0.39 is 0 Å². The first-order chi connectivity index (χ1) is 19.5. The summed E-state index contributed by atoms with van der Waals surface area (Å²) in [6, 6.07) is 32.8. The van der Waals surface area contributed by atoms with Gasteiger partial charge in [-0.25, -0.2) is 4.98 Å². The number of rotatable bonds is 4. The molecule has 0 fully saturated rings. The quantitative estimate of drug-likeness (QED) is 0.255. The standard InChI is InChI=1S/C34H28N4O2/c1-22-20-30(37-33(39)27-15-8-7-14-26(27)24-11-4-3-5-12-24)23(2)19-28(22)34(40)38-21-25-13-6-9-16-29(25)36-32-31(38)17-10-18-35-32/h3-20H,21H2,1-2H3,(H,35,36)(H,37,39). The number of carbonyl (C=O) groups is 2. The Labute approximate surface area is 233 Å². The molecule has 40 heavy (non-hydrogen) atoms. The SMILES string of the molecule is Cc1cc(C(=O)N2Cc3ccccc3Nc3ncccc32)c(C)cc1NC(=O)c1ccccc1-c1ccccc1. The van der Waals surface area contributed by atoms with E-state index in [2.05, 4.69) is 15.6 Å². The van der Waals surface area contributed by atoms with Crippen LogP contribution in [0.2, 0.25) is 0 Å². The van der Waals surface area contributed by atoms with Crippen molar-refractivity contribution in [2.45, 2.75) is 20.4 Å². The summed E-state index contributed by atoms with van der Waals surface area (Å²) in [6.07, 6.45) is 1.71. The summed E-state index contributed by atoms with van der Waals surface area (Å²) in [5, 5.41) is 6.45. The zero-order chi connectivity index (χ0) is 27.6. The van der Waals surface area contributed by atoms with Crippen LogP contribution in [0.25, 0.3) is 11.1 Å². The monoisotopic (exact) mass is 524 g/mol. The number of hydrogen-bond acceptors (Lipinski definition) is 4. The molecule has 0 unspecified atom stereocenters. The fourth-order valence-corrected chi connectivity index (χ4v) is 5.12. The average Bonchev–Trinajstić information content (AvgIpc) is 3.16. The summed E-state index contributed by atoms with van der Waals surface area (Å²) >= 11 is 0. The molecule has 1 aromatic heterocycles. The molecule has 6 nitrogen and oxygen atoms in total. The molecular formula is C34H28N4O2. The number of para-hydroxylation sites is 1. The van der Waals surface area contributed by atoms with Crippen LogP contribution in [0, 0.1) is 13.8 Å². The van der Waals surface area contributed by atoms with E-state index in [1.807, 2.05) is 117 Å². The van der Waals surface area contributed by atoms with Gasteiger partial charge in [-0.1, -0.05) is 66.7 Å². The number of amides is 2. The minimum atomic E-state index is -0.198. The fourth-order valence-electron chi connectivity index (χ4n) is 5.12. The number of nitrogens with one attached hydrogen (secondary N) is 2. The lowest BCUT2D eigenvalue weighted by atomic mass is 9.98. The van der Waals surface area contributed by atoms with Gasteiger partial charge in [0.15, 0.2) is 5.82 Å². The molecule has 2 heterocycles. The first kappa shape index (κ1) is 25.1. The fraction of sp³-hybridized carbons (Fsp3) is 0.0882. The lowest BCUT2D eigenvalue weighted by molar-refractivity contribution is 0.0983. The van der Waals surface area contributed by atoms with Crippen LogP contribution in [0.3, 0.4) is 0 Å². The van der Waals surface area contributed by atoms with Crippen LogP contribution in [0.1, 0.15) is 37.4 Å².